The standard InChI is InChI=1S/C18H22ClNO6/c1-23-15-7-12(19)16(24-2)6-11(15)14(22)9-26-18-13(20)4-10(8-21)5-17(18)25-3/h4-7,14,21-22H,8-9,20H2,1-3H3. The predicted octanol–water partition coefficient (Wildman–Crippen LogP) is 2.55. The highest BCUT2D eigenvalue weighted by molar-refractivity contribution is 6.32. The van der Waals surface area contributed by atoms with Crippen LogP contribution in [-0.2, 0) is 6.61 Å². The number of aliphatic hydroxyl groups is 2. The zero-order chi connectivity index (χ0) is 19.3. The molecule has 2 rings (SSSR count). The Morgan fingerprint density at radius 1 is 1.00 bits per heavy atom. The molecule has 0 aliphatic rings. The summed E-state index contributed by atoms with van der Waals surface area (Å²) in [6, 6.07) is 6.34. The maximum absolute atomic E-state index is 10.5. The first kappa shape index (κ1) is 20.0. The molecule has 0 spiro atoms. The van der Waals surface area contributed by atoms with E-state index < -0.39 is 6.10 Å². The molecule has 2 aromatic rings. The van der Waals surface area contributed by atoms with Gasteiger partial charge in [0.2, 0.25) is 0 Å². The Kier molecular flexibility index (Phi) is 6.79. The molecule has 26 heavy (non-hydrogen) atoms. The fourth-order valence-electron chi connectivity index (χ4n) is 2.48. The smallest absolute Gasteiger partial charge is 0.184 e. The predicted molar refractivity (Wildman–Crippen MR) is 98.3 cm³/mol. The Morgan fingerprint density at radius 3 is 2.23 bits per heavy atom. The number of hydrogen-bond acceptors (Lipinski definition) is 7. The van der Waals surface area contributed by atoms with E-state index in [-0.39, 0.29) is 19.0 Å². The Bertz CT molecular complexity index is 768. The Hall–Kier alpha value is -2.35. The largest absolute Gasteiger partial charge is 0.496 e. The van der Waals surface area contributed by atoms with Crippen LogP contribution in [0, 0.1) is 0 Å². The van der Waals surface area contributed by atoms with Gasteiger partial charge in [-0.15, -0.1) is 0 Å². The monoisotopic (exact) mass is 383 g/mol. The second-order valence-corrected chi connectivity index (χ2v) is 5.84. The molecule has 4 N–H and O–H groups in total. The number of hydrogen-bond donors (Lipinski definition) is 3. The van der Waals surface area contributed by atoms with E-state index >= 15 is 0 Å². The van der Waals surface area contributed by atoms with E-state index in [1.165, 1.54) is 21.3 Å². The third kappa shape index (κ3) is 4.24. The first-order chi connectivity index (χ1) is 12.4. The van der Waals surface area contributed by atoms with Gasteiger partial charge in [-0.1, -0.05) is 11.6 Å². The Labute approximate surface area is 156 Å². The van der Waals surface area contributed by atoms with Gasteiger partial charge >= 0.3 is 0 Å². The molecule has 0 aliphatic heterocycles. The molecule has 1 atom stereocenters. The molecule has 8 heteroatoms. The van der Waals surface area contributed by atoms with Crippen molar-refractivity contribution < 1.29 is 29.2 Å². The van der Waals surface area contributed by atoms with Crippen LogP contribution in [0.1, 0.15) is 17.2 Å². The lowest BCUT2D eigenvalue weighted by Gasteiger charge is -2.19. The van der Waals surface area contributed by atoms with Crippen LogP contribution in [0.15, 0.2) is 24.3 Å². The summed E-state index contributed by atoms with van der Waals surface area (Å²) < 4.78 is 21.4. The van der Waals surface area contributed by atoms with Gasteiger partial charge in [0, 0.05) is 11.6 Å². The summed E-state index contributed by atoms with van der Waals surface area (Å²) in [5.41, 5.74) is 7.30. The number of rotatable bonds is 8. The van der Waals surface area contributed by atoms with Crippen LogP contribution in [0.3, 0.4) is 0 Å². The molecule has 0 aliphatic carbocycles. The van der Waals surface area contributed by atoms with Crippen LogP contribution in [0.5, 0.6) is 23.0 Å². The second-order valence-electron chi connectivity index (χ2n) is 5.43. The van der Waals surface area contributed by atoms with Gasteiger partial charge in [0.1, 0.15) is 24.2 Å². The van der Waals surface area contributed by atoms with Crippen LogP contribution < -0.4 is 24.7 Å². The quantitative estimate of drug-likeness (QED) is 0.602. The second kappa shape index (κ2) is 8.84. The highest BCUT2D eigenvalue weighted by atomic mass is 35.5. The van der Waals surface area contributed by atoms with E-state index in [2.05, 4.69) is 0 Å². The minimum Gasteiger partial charge on any atom is -0.496 e. The first-order valence-electron chi connectivity index (χ1n) is 7.74. The van der Waals surface area contributed by atoms with Crippen molar-refractivity contribution in [1.82, 2.24) is 0 Å². The molecule has 0 saturated carbocycles. The minimum atomic E-state index is -1.03. The van der Waals surface area contributed by atoms with Crippen molar-refractivity contribution in [2.45, 2.75) is 12.7 Å². The summed E-state index contributed by atoms with van der Waals surface area (Å²) in [7, 11) is 4.42. The number of benzene rings is 2. The molecular weight excluding hydrogens is 362 g/mol. The van der Waals surface area contributed by atoms with E-state index in [9.17, 15) is 10.2 Å². The van der Waals surface area contributed by atoms with Crippen molar-refractivity contribution in [3.8, 4) is 23.0 Å². The molecule has 0 aromatic heterocycles. The molecular formula is C18H22ClNO6. The minimum absolute atomic E-state index is 0.111. The van der Waals surface area contributed by atoms with E-state index in [4.69, 9.17) is 36.3 Å². The first-order valence-corrected chi connectivity index (χ1v) is 8.12. The van der Waals surface area contributed by atoms with E-state index in [0.29, 0.717) is 39.1 Å². The average molecular weight is 384 g/mol. The lowest BCUT2D eigenvalue weighted by Crippen LogP contribution is -2.13. The Balaban J connectivity index is 2.25. The van der Waals surface area contributed by atoms with Gasteiger partial charge in [-0.3, -0.25) is 0 Å². The van der Waals surface area contributed by atoms with Gasteiger partial charge in [0.25, 0.3) is 0 Å². The van der Waals surface area contributed by atoms with E-state index in [1.807, 2.05) is 0 Å². The number of aliphatic hydroxyl groups excluding tert-OH is 2. The normalized spacial score (nSPS) is 11.8. The van der Waals surface area contributed by atoms with Crippen molar-refractivity contribution in [1.29, 1.82) is 0 Å². The zero-order valence-electron chi connectivity index (χ0n) is 14.8. The van der Waals surface area contributed by atoms with Gasteiger partial charge in [0.05, 0.1) is 38.6 Å². The van der Waals surface area contributed by atoms with E-state index in [0.717, 1.165) is 0 Å². The fraction of sp³-hybridized carbons (Fsp3) is 0.333. The summed E-state index contributed by atoms with van der Waals surface area (Å²) in [6.45, 7) is -0.286. The number of nitrogen functional groups attached to an aromatic ring is 1. The van der Waals surface area contributed by atoms with Crippen LogP contribution in [0.25, 0.3) is 0 Å². The summed E-state index contributed by atoms with van der Waals surface area (Å²) in [6.07, 6.45) is -1.03. The molecule has 7 nitrogen and oxygen atoms in total. The summed E-state index contributed by atoms with van der Waals surface area (Å²) in [5, 5.41) is 20.1. The molecule has 0 radical (unpaired) electrons. The lowest BCUT2D eigenvalue weighted by atomic mass is 10.1. The van der Waals surface area contributed by atoms with E-state index in [1.54, 1.807) is 24.3 Å². The number of nitrogens with two attached hydrogens (primary N) is 1. The van der Waals surface area contributed by atoms with Crippen LogP contribution in [0.4, 0.5) is 5.69 Å². The number of halogens is 1. The zero-order valence-corrected chi connectivity index (χ0v) is 15.5. The van der Waals surface area contributed by atoms with Crippen molar-refractivity contribution in [3.63, 3.8) is 0 Å². The van der Waals surface area contributed by atoms with Gasteiger partial charge in [-0.25, -0.2) is 0 Å². The van der Waals surface area contributed by atoms with Gasteiger partial charge in [-0.05, 0) is 23.8 Å². The number of methoxy groups -OCH3 is 3. The van der Waals surface area contributed by atoms with Crippen molar-refractivity contribution >= 4 is 17.3 Å². The fourth-order valence-corrected chi connectivity index (χ4v) is 2.71. The SMILES string of the molecule is COc1cc(C(O)COc2c(N)cc(CO)cc2OC)c(OC)cc1Cl. The van der Waals surface area contributed by atoms with Gasteiger partial charge in [-0.2, -0.15) is 0 Å². The molecule has 0 fully saturated rings. The van der Waals surface area contributed by atoms with Gasteiger partial charge < -0.3 is 34.9 Å². The maximum Gasteiger partial charge on any atom is 0.184 e. The molecule has 0 saturated heterocycles. The van der Waals surface area contributed by atoms with Crippen LogP contribution in [0.2, 0.25) is 5.02 Å². The van der Waals surface area contributed by atoms with Crippen molar-refractivity contribution in [2.75, 3.05) is 33.7 Å². The molecule has 142 valence electrons. The Morgan fingerprint density at radius 2 is 1.65 bits per heavy atom. The summed E-state index contributed by atoms with van der Waals surface area (Å²) >= 11 is 6.08. The highest BCUT2D eigenvalue weighted by Crippen LogP contribution is 2.38. The third-order valence-corrected chi connectivity index (χ3v) is 4.09. The van der Waals surface area contributed by atoms with Crippen molar-refractivity contribution in [3.05, 3.63) is 40.4 Å². The highest BCUT2D eigenvalue weighted by Gasteiger charge is 2.19. The number of anilines is 1. The summed E-state index contributed by atoms with van der Waals surface area (Å²) in [4.78, 5) is 0. The number of ether oxygens (including phenoxy) is 4. The lowest BCUT2D eigenvalue weighted by molar-refractivity contribution is 0.104. The molecule has 0 bridgehead atoms. The van der Waals surface area contributed by atoms with Crippen LogP contribution in [-0.4, -0.2) is 38.1 Å². The van der Waals surface area contributed by atoms with Gasteiger partial charge in [0.15, 0.2) is 11.5 Å². The maximum atomic E-state index is 10.5. The topological polar surface area (TPSA) is 103 Å². The van der Waals surface area contributed by atoms with Crippen molar-refractivity contribution in [2.24, 2.45) is 0 Å². The molecule has 0 heterocycles. The molecule has 1 unspecified atom stereocenters. The average Bonchev–Trinajstić information content (AvgIpc) is 2.65. The van der Waals surface area contributed by atoms with Crippen LogP contribution >= 0.6 is 11.6 Å². The summed E-state index contributed by atoms with van der Waals surface area (Å²) in [5.74, 6) is 1.46. The molecule has 0 amide bonds. The molecule has 2 aromatic carbocycles. The third-order valence-electron chi connectivity index (χ3n) is 3.79.